The summed E-state index contributed by atoms with van der Waals surface area (Å²) in [7, 11) is 0. The third kappa shape index (κ3) is 3.93. The summed E-state index contributed by atoms with van der Waals surface area (Å²) in [5, 5.41) is 13.3. The first kappa shape index (κ1) is 16.9. The van der Waals surface area contributed by atoms with Crippen molar-refractivity contribution < 1.29 is 0 Å². The smallest absolute Gasteiger partial charge is 0.154 e. The molecule has 0 saturated carbocycles. The van der Waals surface area contributed by atoms with Crippen molar-refractivity contribution in [2.24, 2.45) is 0 Å². The van der Waals surface area contributed by atoms with E-state index in [1.54, 1.807) is 6.20 Å². The van der Waals surface area contributed by atoms with Gasteiger partial charge in [0.15, 0.2) is 5.82 Å². The summed E-state index contributed by atoms with van der Waals surface area (Å²) in [6.07, 6.45) is 8.41. The van der Waals surface area contributed by atoms with Crippen LogP contribution in [0.4, 0.5) is 0 Å². The largest absolute Gasteiger partial charge is 0.313 e. The second-order valence-corrected chi connectivity index (χ2v) is 6.78. The standard InChI is InChI=1S/C18H28N6/c1-4-24-17(14-23-10-5-9-19-23)20-21-18(24)16-7-12-22(13-8-16)11-6-15(2)3/h5-6,9-10,16H,4,7-8,11-14H2,1-3H3. The number of rotatable bonds is 6. The Labute approximate surface area is 144 Å². The van der Waals surface area contributed by atoms with Crippen LogP contribution in [-0.2, 0) is 13.1 Å². The molecule has 2 aromatic rings. The normalized spacial score (nSPS) is 16.5. The molecular weight excluding hydrogens is 300 g/mol. The predicted molar refractivity (Wildman–Crippen MR) is 94.9 cm³/mol. The fraction of sp³-hybridized carbons (Fsp3) is 0.611. The summed E-state index contributed by atoms with van der Waals surface area (Å²) < 4.78 is 4.18. The van der Waals surface area contributed by atoms with Gasteiger partial charge in [-0.25, -0.2) is 0 Å². The molecule has 0 atom stereocenters. The number of hydrogen-bond acceptors (Lipinski definition) is 4. The highest BCUT2D eigenvalue weighted by Gasteiger charge is 2.25. The van der Waals surface area contributed by atoms with Crippen LogP contribution in [-0.4, -0.2) is 49.1 Å². The Balaban J connectivity index is 1.65. The van der Waals surface area contributed by atoms with Crippen LogP contribution >= 0.6 is 0 Å². The highest BCUT2D eigenvalue weighted by Crippen LogP contribution is 2.27. The van der Waals surface area contributed by atoms with E-state index in [2.05, 4.69) is 51.6 Å². The average molecular weight is 328 g/mol. The highest BCUT2D eigenvalue weighted by atomic mass is 15.3. The van der Waals surface area contributed by atoms with Crippen LogP contribution in [0.5, 0.6) is 0 Å². The molecule has 6 heteroatoms. The molecule has 0 radical (unpaired) electrons. The summed E-state index contributed by atoms with van der Waals surface area (Å²) in [5.74, 6) is 2.68. The lowest BCUT2D eigenvalue weighted by molar-refractivity contribution is 0.226. The molecule has 1 saturated heterocycles. The van der Waals surface area contributed by atoms with E-state index >= 15 is 0 Å². The van der Waals surface area contributed by atoms with Crippen molar-refractivity contribution in [1.29, 1.82) is 0 Å². The van der Waals surface area contributed by atoms with Crippen molar-refractivity contribution in [3.05, 3.63) is 41.8 Å². The van der Waals surface area contributed by atoms with Crippen molar-refractivity contribution in [2.45, 2.75) is 52.6 Å². The van der Waals surface area contributed by atoms with Crippen molar-refractivity contribution in [3.8, 4) is 0 Å². The molecule has 1 aliphatic rings. The van der Waals surface area contributed by atoms with Gasteiger partial charge in [0.1, 0.15) is 12.4 Å². The molecule has 0 aromatic carbocycles. The van der Waals surface area contributed by atoms with Gasteiger partial charge in [0.25, 0.3) is 0 Å². The molecule has 0 unspecified atom stereocenters. The van der Waals surface area contributed by atoms with Crippen molar-refractivity contribution in [2.75, 3.05) is 19.6 Å². The van der Waals surface area contributed by atoms with E-state index in [0.717, 1.165) is 50.7 Å². The molecule has 1 fully saturated rings. The molecule has 130 valence electrons. The Hall–Kier alpha value is -1.95. The first-order valence-electron chi connectivity index (χ1n) is 8.92. The molecule has 0 N–H and O–H groups in total. The van der Waals surface area contributed by atoms with Gasteiger partial charge in [0.2, 0.25) is 0 Å². The molecule has 0 amide bonds. The summed E-state index contributed by atoms with van der Waals surface area (Å²) in [5.41, 5.74) is 1.39. The van der Waals surface area contributed by atoms with Gasteiger partial charge in [-0.05, 0) is 52.8 Å². The zero-order valence-electron chi connectivity index (χ0n) is 15.0. The van der Waals surface area contributed by atoms with E-state index in [9.17, 15) is 0 Å². The van der Waals surface area contributed by atoms with Gasteiger partial charge < -0.3 is 4.57 Å². The van der Waals surface area contributed by atoms with Gasteiger partial charge in [-0.2, -0.15) is 5.10 Å². The molecule has 0 spiro atoms. The lowest BCUT2D eigenvalue weighted by Gasteiger charge is -2.31. The van der Waals surface area contributed by atoms with Gasteiger partial charge in [-0.1, -0.05) is 11.6 Å². The molecule has 1 aliphatic heterocycles. The SMILES string of the molecule is CCn1c(Cn2cccn2)nnc1C1CCN(CC=C(C)C)CC1. The zero-order chi connectivity index (χ0) is 16.9. The fourth-order valence-corrected chi connectivity index (χ4v) is 3.34. The Morgan fingerprint density at radius 3 is 2.67 bits per heavy atom. The number of likely N-dealkylation sites (tertiary alicyclic amines) is 1. The van der Waals surface area contributed by atoms with Crippen molar-refractivity contribution >= 4 is 0 Å². The molecule has 0 aliphatic carbocycles. The van der Waals surface area contributed by atoms with E-state index < -0.39 is 0 Å². The lowest BCUT2D eigenvalue weighted by atomic mass is 9.96. The zero-order valence-corrected chi connectivity index (χ0v) is 15.0. The maximum absolute atomic E-state index is 4.53. The van der Waals surface area contributed by atoms with Crippen LogP contribution in [0.1, 0.15) is 51.2 Å². The van der Waals surface area contributed by atoms with Gasteiger partial charge in [0.05, 0.1) is 0 Å². The van der Waals surface area contributed by atoms with Gasteiger partial charge in [-0.15, -0.1) is 10.2 Å². The van der Waals surface area contributed by atoms with E-state index in [1.807, 2.05) is 16.9 Å². The molecule has 0 bridgehead atoms. The van der Waals surface area contributed by atoms with Crippen LogP contribution in [0, 0.1) is 0 Å². The monoisotopic (exact) mass is 328 g/mol. The van der Waals surface area contributed by atoms with E-state index in [-0.39, 0.29) is 0 Å². The second-order valence-electron chi connectivity index (χ2n) is 6.78. The first-order valence-corrected chi connectivity index (χ1v) is 8.92. The number of hydrogen-bond donors (Lipinski definition) is 0. The number of nitrogens with zero attached hydrogens (tertiary/aromatic N) is 6. The summed E-state index contributed by atoms with van der Waals surface area (Å²) >= 11 is 0. The fourth-order valence-electron chi connectivity index (χ4n) is 3.34. The number of piperidine rings is 1. The first-order chi connectivity index (χ1) is 11.7. The minimum Gasteiger partial charge on any atom is -0.313 e. The Kier molecular flexibility index (Phi) is 5.45. The van der Waals surface area contributed by atoms with Crippen LogP contribution in [0.25, 0.3) is 0 Å². The molecular formula is C18H28N6. The van der Waals surface area contributed by atoms with Crippen LogP contribution in [0.3, 0.4) is 0 Å². The number of allylic oxidation sites excluding steroid dienone is 1. The summed E-state index contributed by atoms with van der Waals surface area (Å²) in [4.78, 5) is 2.53. The Morgan fingerprint density at radius 1 is 1.25 bits per heavy atom. The van der Waals surface area contributed by atoms with Gasteiger partial charge >= 0.3 is 0 Å². The van der Waals surface area contributed by atoms with Crippen molar-refractivity contribution in [3.63, 3.8) is 0 Å². The van der Waals surface area contributed by atoms with E-state index in [4.69, 9.17) is 0 Å². The van der Waals surface area contributed by atoms with E-state index in [1.165, 1.54) is 5.57 Å². The lowest BCUT2D eigenvalue weighted by Crippen LogP contribution is -2.34. The third-order valence-electron chi connectivity index (χ3n) is 4.75. The molecule has 6 nitrogen and oxygen atoms in total. The number of aromatic nitrogens is 5. The summed E-state index contributed by atoms with van der Waals surface area (Å²) in [6, 6.07) is 1.94. The molecule has 24 heavy (non-hydrogen) atoms. The van der Waals surface area contributed by atoms with Crippen LogP contribution in [0.15, 0.2) is 30.1 Å². The highest BCUT2D eigenvalue weighted by molar-refractivity contribution is 5.05. The average Bonchev–Trinajstić information content (AvgIpc) is 3.23. The topological polar surface area (TPSA) is 51.8 Å². The molecule has 3 rings (SSSR count). The Morgan fingerprint density at radius 2 is 2.04 bits per heavy atom. The minimum atomic E-state index is 0.520. The van der Waals surface area contributed by atoms with E-state index in [0.29, 0.717) is 12.5 Å². The van der Waals surface area contributed by atoms with Gasteiger partial charge in [-0.3, -0.25) is 9.58 Å². The van der Waals surface area contributed by atoms with Crippen LogP contribution in [0.2, 0.25) is 0 Å². The second kappa shape index (κ2) is 7.75. The van der Waals surface area contributed by atoms with Crippen LogP contribution < -0.4 is 0 Å². The minimum absolute atomic E-state index is 0.520. The predicted octanol–water partition coefficient (Wildman–Crippen LogP) is 2.69. The quantitative estimate of drug-likeness (QED) is 0.765. The van der Waals surface area contributed by atoms with Gasteiger partial charge in [0, 0.05) is 31.4 Å². The van der Waals surface area contributed by atoms with Crippen molar-refractivity contribution in [1.82, 2.24) is 29.4 Å². The Bertz CT molecular complexity index is 658. The summed E-state index contributed by atoms with van der Waals surface area (Å²) in [6.45, 7) is 11.4. The molecule has 3 heterocycles. The maximum Gasteiger partial charge on any atom is 0.154 e. The molecule has 2 aromatic heterocycles. The third-order valence-corrected chi connectivity index (χ3v) is 4.75. The maximum atomic E-state index is 4.53.